The van der Waals surface area contributed by atoms with Crippen molar-refractivity contribution in [1.82, 2.24) is 10.6 Å². The van der Waals surface area contributed by atoms with Crippen molar-refractivity contribution >= 4 is 5.91 Å². The highest BCUT2D eigenvalue weighted by Crippen LogP contribution is 2.22. The van der Waals surface area contributed by atoms with Crippen LogP contribution >= 0.6 is 0 Å². The zero-order valence-corrected chi connectivity index (χ0v) is 11.6. The van der Waals surface area contributed by atoms with Crippen LogP contribution in [-0.2, 0) is 11.3 Å². The van der Waals surface area contributed by atoms with Crippen LogP contribution in [0.25, 0.3) is 0 Å². The van der Waals surface area contributed by atoms with Gasteiger partial charge in [0.2, 0.25) is 5.91 Å². The molecule has 104 valence electrons. The zero-order valence-electron chi connectivity index (χ0n) is 11.6. The average Bonchev–Trinajstić information content (AvgIpc) is 2.58. The Morgan fingerprint density at radius 2 is 2.00 bits per heavy atom. The maximum atomic E-state index is 11.8. The summed E-state index contributed by atoms with van der Waals surface area (Å²) < 4.78 is 0. The van der Waals surface area contributed by atoms with Crippen LogP contribution in [0.5, 0.6) is 5.75 Å². The fraction of sp³-hybridized carbons (Fsp3) is 0.533. The normalized spacial score (nSPS) is 19.9. The van der Waals surface area contributed by atoms with Gasteiger partial charge in [0.05, 0.1) is 6.04 Å². The van der Waals surface area contributed by atoms with E-state index >= 15 is 0 Å². The second-order valence-corrected chi connectivity index (χ2v) is 5.30. The molecule has 0 aliphatic carbocycles. The van der Waals surface area contributed by atoms with Crippen molar-refractivity contribution in [1.29, 1.82) is 0 Å². The number of benzene rings is 1. The third-order valence-corrected chi connectivity index (χ3v) is 3.64. The lowest BCUT2D eigenvalue weighted by atomic mass is 10.0. The van der Waals surface area contributed by atoms with Crippen molar-refractivity contribution in [3.8, 4) is 5.75 Å². The Morgan fingerprint density at radius 3 is 2.68 bits per heavy atom. The van der Waals surface area contributed by atoms with Crippen LogP contribution in [0.4, 0.5) is 0 Å². The molecule has 1 aromatic carbocycles. The molecule has 1 amide bonds. The summed E-state index contributed by atoms with van der Waals surface area (Å²) in [6.45, 7) is 5.23. The summed E-state index contributed by atoms with van der Waals surface area (Å²) >= 11 is 0. The Morgan fingerprint density at radius 1 is 1.32 bits per heavy atom. The third kappa shape index (κ3) is 3.47. The van der Waals surface area contributed by atoms with E-state index in [-0.39, 0.29) is 11.9 Å². The molecular weight excluding hydrogens is 240 g/mol. The molecule has 1 aromatic rings. The minimum Gasteiger partial charge on any atom is -0.507 e. The molecule has 1 heterocycles. The molecule has 1 aliphatic rings. The third-order valence-electron chi connectivity index (χ3n) is 3.64. The smallest absolute Gasteiger partial charge is 0.237 e. The van der Waals surface area contributed by atoms with Gasteiger partial charge in [-0.15, -0.1) is 0 Å². The van der Waals surface area contributed by atoms with Gasteiger partial charge in [0.15, 0.2) is 0 Å². The van der Waals surface area contributed by atoms with Gasteiger partial charge in [-0.1, -0.05) is 12.1 Å². The number of carbonyl (C=O) groups excluding carboxylic acids is 1. The van der Waals surface area contributed by atoms with E-state index in [2.05, 4.69) is 10.6 Å². The van der Waals surface area contributed by atoms with Gasteiger partial charge in [0.1, 0.15) is 5.75 Å². The van der Waals surface area contributed by atoms with Gasteiger partial charge in [0.25, 0.3) is 0 Å². The van der Waals surface area contributed by atoms with Crippen LogP contribution in [-0.4, -0.2) is 23.6 Å². The van der Waals surface area contributed by atoms with E-state index < -0.39 is 0 Å². The molecular formula is C15H22N2O2. The molecule has 1 aliphatic heterocycles. The molecule has 0 radical (unpaired) electrons. The number of aromatic hydroxyl groups is 1. The van der Waals surface area contributed by atoms with Gasteiger partial charge >= 0.3 is 0 Å². The average molecular weight is 262 g/mol. The molecule has 1 unspecified atom stereocenters. The van der Waals surface area contributed by atoms with E-state index in [0.29, 0.717) is 12.3 Å². The van der Waals surface area contributed by atoms with E-state index in [9.17, 15) is 9.90 Å². The number of aryl methyl sites for hydroxylation is 2. The lowest BCUT2D eigenvalue weighted by molar-refractivity contribution is -0.122. The number of nitrogens with one attached hydrogen (secondary N) is 2. The molecule has 3 N–H and O–H groups in total. The van der Waals surface area contributed by atoms with E-state index in [1.807, 2.05) is 26.0 Å². The molecule has 0 spiro atoms. The molecule has 4 heteroatoms. The van der Waals surface area contributed by atoms with Gasteiger partial charge in [-0.25, -0.2) is 0 Å². The predicted octanol–water partition coefficient (Wildman–Crippen LogP) is 1.77. The van der Waals surface area contributed by atoms with Gasteiger partial charge in [-0.3, -0.25) is 4.79 Å². The molecule has 1 saturated heterocycles. The van der Waals surface area contributed by atoms with E-state index in [0.717, 1.165) is 42.5 Å². The number of amides is 1. The summed E-state index contributed by atoms with van der Waals surface area (Å²) in [5.74, 6) is 0.459. The Kier molecular flexibility index (Phi) is 4.43. The first kappa shape index (κ1) is 13.9. The van der Waals surface area contributed by atoms with E-state index in [1.54, 1.807) is 0 Å². The largest absolute Gasteiger partial charge is 0.507 e. The highest BCUT2D eigenvalue weighted by atomic mass is 16.3. The Balaban J connectivity index is 2.00. The van der Waals surface area contributed by atoms with E-state index in [4.69, 9.17) is 0 Å². The highest BCUT2D eigenvalue weighted by Gasteiger charge is 2.19. The highest BCUT2D eigenvalue weighted by molar-refractivity contribution is 5.81. The van der Waals surface area contributed by atoms with Crippen molar-refractivity contribution in [3.63, 3.8) is 0 Å². The fourth-order valence-electron chi connectivity index (χ4n) is 2.52. The van der Waals surface area contributed by atoms with Crippen molar-refractivity contribution in [2.75, 3.05) is 6.54 Å². The fourth-order valence-corrected chi connectivity index (χ4v) is 2.52. The Hall–Kier alpha value is -1.55. The zero-order chi connectivity index (χ0) is 13.8. The predicted molar refractivity (Wildman–Crippen MR) is 75.1 cm³/mol. The summed E-state index contributed by atoms with van der Waals surface area (Å²) in [7, 11) is 0. The Labute approximate surface area is 114 Å². The lowest BCUT2D eigenvalue weighted by Gasteiger charge is -2.16. The topological polar surface area (TPSA) is 61.4 Å². The molecule has 0 bridgehead atoms. The first-order chi connectivity index (χ1) is 9.08. The van der Waals surface area contributed by atoms with Gasteiger partial charge < -0.3 is 15.7 Å². The number of hydrogen-bond donors (Lipinski definition) is 3. The second-order valence-electron chi connectivity index (χ2n) is 5.30. The SMILES string of the molecule is Cc1cc(CNC2CCCCNC2=O)cc(C)c1O. The van der Waals surface area contributed by atoms with Crippen LogP contribution in [0.15, 0.2) is 12.1 Å². The van der Waals surface area contributed by atoms with Crippen molar-refractivity contribution in [2.24, 2.45) is 0 Å². The van der Waals surface area contributed by atoms with Crippen LogP contribution in [0, 0.1) is 13.8 Å². The first-order valence-electron chi connectivity index (χ1n) is 6.88. The molecule has 2 rings (SSSR count). The number of phenolic OH excluding ortho intramolecular Hbond substituents is 1. The summed E-state index contributed by atoms with van der Waals surface area (Å²) in [6, 6.07) is 3.82. The second kappa shape index (κ2) is 6.06. The number of rotatable bonds is 3. The van der Waals surface area contributed by atoms with Crippen LogP contribution in [0.1, 0.15) is 36.0 Å². The molecule has 0 saturated carbocycles. The molecule has 4 nitrogen and oxygen atoms in total. The first-order valence-corrected chi connectivity index (χ1v) is 6.88. The van der Waals surface area contributed by atoms with Crippen molar-refractivity contribution in [3.05, 3.63) is 28.8 Å². The maximum absolute atomic E-state index is 11.8. The van der Waals surface area contributed by atoms with Crippen molar-refractivity contribution in [2.45, 2.75) is 45.7 Å². The lowest BCUT2D eigenvalue weighted by Crippen LogP contribution is -2.42. The minimum absolute atomic E-state index is 0.100. The summed E-state index contributed by atoms with van der Waals surface area (Å²) in [5, 5.41) is 16.0. The maximum Gasteiger partial charge on any atom is 0.237 e. The number of hydrogen-bond acceptors (Lipinski definition) is 3. The Bertz CT molecular complexity index is 448. The number of carbonyl (C=O) groups is 1. The van der Waals surface area contributed by atoms with Crippen LogP contribution < -0.4 is 10.6 Å². The van der Waals surface area contributed by atoms with Gasteiger partial charge in [0, 0.05) is 13.1 Å². The monoisotopic (exact) mass is 262 g/mol. The van der Waals surface area contributed by atoms with Gasteiger partial charge in [-0.2, -0.15) is 0 Å². The standard InChI is InChI=1S/C15H22N2O2/c1-10-7-12(8-11(2)14(10)18)9-17-13-5-3-4-6-16-15(13)19/h7-8,13,17-18H,3-6,9H2,1-2H3,(H,16,19). The molecule has 1 atom stereocenters. The summed E-state index contributed by atoms with van der Waals surface area (Å²) in [6.07, 6.45) is 3.02. The summed E-state index contributed by atoms with van der Waals surface area (Å²) in [5.41, 5.74) is 2.86. The van der Waals surface area contributed by atoms with Crippen LogP contribution in [0.3, 0.4) is 0 Å². The quantitative estimate of drug-likeness (QED) is 0.778. The van der Waals surface area contributed by atoms with Crippen LogP contribution in [0.2, 0.25) is 0 Å². The number of phenols is 1. The molecule has 0 aromatic heterocycles. The minimum atomic E-state index is -0.100. The van der Waals surface area contributed by atoms with Gasteiger partial charge in [-0.05, 0) is 49.8 Å². The van der Waals surface area contributed by atoms with Crippen molar-refractivity contribution < 1.29 is 9.90 Å². The molecule has 19 heavy (non-hydrogen) atoms. The summed E-state index contributed by atoms with van der Waals surface area (Å²) in [4.78, 5) is 11.8. The van der Waals surface area contributed by atoms with E-state index in [1.165, 1.54) is 0 Å². The molecule has 1 fully saturated rings.